The molecule has 1 rings (SSSR count). The van der Waals surface area contributed by atoms with Gasteiger partial charge >= 0.3 is 11.9 Å². The molecule has 0 atom stereocenters. The number of hydrogen-bond acceptors (Lipinski definition) is 7. The van der Waals surface area contributed by atoms with Crippen molar-refractivity contribution in [2.75, 3.05) is 6.61 Å². The maximum absolute atomic E-state index is 11.5. The smallest absolute Gasteiger partial charge is 0.333 e. The number of carbonyl (C=O) groups is 4. The van der Waals surface area contributed by atoms with E-state index in [1.54, 1.807) is 13.8 Å². The molecule has 1 aliphatic heterocycles. The zero-order valence-corrected chi connectivity index (χ0v) is 12.8. The summed E-state index contributed by atoms with van der Waals surface area (Å²) in [6.07, 6.45) is 0.976. The van der Waals surface area contributed by atoms with Gasteiger partial charge in [-0.3, -0.25) is 14.4 Å². The highest BCUT2D eigenvalue weighted by molar-refractivity contribution is 6.01. The molecule has 0 aromatic heterocycles. The first-order valence-electron chi connectivity index (χ1n) is 7.14. The van der Waals surface area contributed by atoms with E-state index in [0.717, 1.165) is 0 Å². The van der Waals surface area contributed by atoms with E-state index in [4.69, 9.17) is 9.84 Å². The van der Waals surface area contributed by atoms with Gasteiger partial charge in [0.05, 0.1) is 6.61 Å². The Kier molecular flexibility index (Phi) is 6.48. The van der Waals surface area contributed by atoms with Crippen LogP contribution in [0.5, 0.6) is 0 Å². The van der Waals surface area contributed by atoms with Gasteiger partial charge in [0.15, 0.2) is 0 Å². The van der Waals surface area contributed by atoms with Crippen molar-refractivity contribution >= 4 is 23.8 Å². The molecule has 0 aromatic carbocycles. The number of imide groups is 1. The van der Waals surface area contributed by atoms with E-state index in [2.05, 4.69) is 4.84 Å². The summed E-state index contributed by atoms with van der Waals surface area (Å²) in [6, 6.07) is 0. The number of hydrogen-bond donors (Lipinski definition) is 1. The first kappa shape index (κ1) is 18.1. The highest BCUT2D eigenvalue weighted by Gasteiger charge is 2.32. The molecule has 8 nitrogen and oxygen atoms in total. The molecular formula is C14H21NO7. The van der Waals surface area contributed by atoms with E-state index >= 15 is 0 Å². The number of esters is 1. The van der Waals surface area contributed by atoms with Gasteiger partial charge in [-0.25, -0.2) is 4.79 Å². The summed E-state index contributed by atoms with van der Waals surface area (Å²) in [6.45, 7) is 2.90. The van der Waals surface area contributed by atoms with E-state index in [1.165, 1.54) is 0 Å². The van der Waals surface area contributed by atoms with Crippen LogP contribution in [0.3, 0.4) is 0 Å². The molecule has 0 bridgehead atoms. The number of hydroxylamine groups is 2. The number of aliphatic hydroxyl groups is 1. The van der Waals surface area contributed by atoms with Gasteiger partial charge in [-0.15, -0.1) is 5.06 Å². The number of unbranched alkanes of at least 4 members (excludes halogenated alkanes) is 1. The molecule has 0 unspecified atom stereocenters. The van der Waals surface area contributed by atoms with Crippen LogP contribution in [0.2, 0.25) is 0 Å². The van der Waals surface area contributed by atoms with Gasteiger partial charge in [0.25, 0.3) is 11.8 Å². The lowest BCUT2D eigenvalue weighted by atomic mass is 10.1. The Balaban J connectivity index is 2.19. The molecule has 2 amide bonds. The van der Waals surface area contributed by atoms with Gasteiger partial charge in [0, 0.05) is 25.7 Å². The lowest BCUT2D eigenvalue weighted by Crippen LogP contribution is -2.32. The average Bonchev–Trinajstić information content (AvgIpc) is 2.75. The van der Waals surface area contributed by atoms with Gasteiger partial charge in [-0.1, -0.05) is 0 Å². The molecule has 1 aliphatic rings. The van der Waals surface area contributed by atoms with Crippen molar-refractivity contribution < 1.29 is 33.9 Å². The Hall–Kier alpha value is -1.96. The van der Waals surface area contributed by atoms with Crippen LogP contribution in [-0.4, -0.2) is 46.1 Å². The lowest BCUT2D eigenvalue weighted by Gasteiger charge is -2.22. The first-order valence-corrected chi connectivity index (χ1v) is 7.14. The topological polar surface area (TPSA) is 110 Å². The lowest BCUT2D eigenvalue weighted by molar-refractivity contribution is -0.197. The molecule has 0 saturated carbocycles. The Morgan fingerprint density at radius 1 is 1.09 bits per heavy atom. The van der Waals surface area contributed by atoms with Crippen LogP contribution in [0.15, 0.2) is 0 Å². The second kappa shape index (κ2) is 7.88. The summed E-state index contributed by atoms with van der Waals surface area (Å²) in [4.78, 5) is 50.2. The molecule has 8 heteroatoms. The third-order valence-corrected chi connectivity index (χ3v) is 2.98. The van der Waals surface area contributed by atoms with Crippen molar-refractivity contribution in [2.24, 2.45) is 0 Å². The Morgan fingerprint density at radius 3 is 2.09 bits per heavy atom. The average molecular weight is 315 g/mol. The fourth-order valence-corrected chi connectivity index (χ4v) is 1.74. The SMILES string of the molecule is CC(C)(CO)OC(=O)CCCCC(=O)ON1C(=O)CCC1=O. The van der Waals surface area contributed by atoms with E-state index in [0.29, 0.717) is 17.9 Å². The predicted octanol–water partition coefficient (Wildman–Crippen LogP) is 0.468. The summed E-state index contributed by atoms with van der Waals surface area (Å²) in [5.41, 5.74) is -0.924. The summed E-state index contributed by atoms with van der Waals surface area (Å²) in [5, 5.41) is 9.47. The maximum atomic E-state index is 11.5. The van der Waals surface area contributed by atoms with Crippen LogP contribution in [0.4, 0.5) is 0 Å². The van der Waals surface area contributed by atoms with Crippen molar-refractivity contribution in [1.82, 2.24) is 5.06 Å². The highest BCUT2D eigenvalue weighted by Crippen LogP contribution is 2.14. The Labute approximate surface area is 128 Å². The molecule has 1 fully saturated rings. The van der Waals surface area contributed by atoms with Gasteiger partial charge < -0.3 is 14.7 Å². The van der Waals surface area contributed by atoms with Crippen LogP contribution >= 0.6 is 0 Å². The molecule has 0 aliphatic carbocycles. The highest BCUT2D eigenvalue weighted by atomic mass is 16.7. The Bertz CT molecular complexity index is 442. The number of nitrogens with zero attached hydrogens (tertiary/aromatic N) is 1. The minimum atomic E-state index is -0.924. The fraction of sp³-hybridized carbons (Fsp3) is 0.714. The number of ether oxygens (including phenoxy) is 1. The molecule has 0 spiro atoms. The number of aliphatic hydroxyl groups excluding tert-OH is 1. The quantitative estimate of drug-likeness (QED) is 0.394. The van der Waals surface area contributed by atoms with Crippen molar-refractivity contribution in [2.45, 2.75) is 58.0 Å². The van der Waals surface area contributed by atoms with Crippen molar-refractivity contribution in [3.63, 3.8) is 0 Å². The van der Waals surface area contributed by atoms with Gasteiger partial charge in [-0.05, 0) is 26.7 Å². The molecular weight excluding hydrogens is 294 g/mol. The second-order valence-electron chi connectivity index (χ2n) is 5.64. The van der Waals surface area contributed by atoms with Crippen LogP contribution in [0, 0.1) is 0 Å². The van der Waals surface area contributed by atoms with Crippen LogP contribution in [0.1, 0.15) is 52.4 Å². The number of rotatable bonds is 8. The number of amides is 2. The molecule has 0 aromatic rings. The molecule has 0 radical (unpaired) electrons. The monoisotopic (exact) mass is 315 g/mol. The van der Waals surface area contributed by atoms with E-state index in [1.807, 2.05) is 0 Å². The van der Waals surface area contributed by atoms with E-state index in [-0.39, 0.29) is 32.3 Å². The molecule has 1 saturated heterocycles. The largest absolute Gasteiger partial charge is 0.457 e. The summed E-state index contributed by atoms with van der Waals surface area (Å²) < 4.78 is 5.03. The van der Waals surface area contributed by atoms with Crippen molar-refractivity contribution in [3.8, 4) is 0 Å². The zero-order chi connectivity index (χ0) is 16.8. The summed E-state index contributed by atoms with van der Waals surface area (Å²) in [7, 11) is 0. The fourth-order valence-electron chi connectivity index (χ4n) is 1.74. The van der Waals surface area contributed by atoms with E-state index < -0.39 is 29.4 Å². The third kappa shape index (κ3) is 5.80. The molecule has 1 heterocycles. The van der Waals surface area contributed by atoms with Crippen LogP contribution < -0.4 is 0 Å². The Morgan fingerprint density at radius 2 is 1.59 bits per heavy atom. The van der Waals surface area contributed by atoms with E-state index in [9.17, 15) is 19.2 Å². The minimum absolute atomic E-state index is 0.00622. The molecule has 124 valence electrons. The molecule has 1 N–H and O–H groups in total. The number of carbonyl (C=O) groups excluding carboxylic acids is 4. The third-order valence-electron chi connectivity index (χ3n) is 2.98. The second-order valence-corrected chi connectivity index (χ2v) is 5.64. The summed E-state index contributed by atoms with van der Waals surface area (Å²) >= 11 is 0. The summed E-state index contributed by atoms with van der Waals surface area (Å²) in [5.74, 6) is -2.19. The van der Waals surface area contributed by atoms with Crippen molar-refractivity contribution in [3.05, 3.63) is 0 Å². The standard InChI is InChI=1S/C14H21NO7/c1-14(2,9-16)21-12(19)5-3-4-6-13(20)22-15-10(17)7-8-11(15)18/h16H,3-9H2,1-2H3. The predicted molar refractivity (Wildman–Crippen MR) is 72.9 cm³/mol. The first-order chi connectivity index (χ1) is 10.2. The zero-order valence-electron chi connectivity index (χ0n) is 12.8. The molecule has 22 heavy (non-hydrogen) atoms. The maximum Gasteiger partial charge on any atom is 0.333 e. The normalized spacial score (nSPS) is 15.1. The van der Waals surface area contributed by atoms with Gasteiger partial charge in [0.2, 0.25) is 0 Å². The van der Waals surface area contributed by atoms with Gasteiger partial charge in [0.1, 0.15) is 5.60 Å². The van der Waals surface area contributed by atoms with Gasteiger partial charge in [-0.2, -0.15) is 0 Å². The van der Waals surface area contributed by atoms with Crippen LogP contribution in [-0.2, 0) is 28.8 Å². The van der Waals surface area contributed by atoms with Crippen molar-refractivity contribution in [1.29, 1.82) is 0 Å². The minimum Gasteiger partial charge on any atom is -0.457 e. The van der Waals surface area contributed by atoms with Crippen LogP contribution in [0.25, 0.3) is 0 Å².